The third-order valence-electron chi connectivity index (χ3n) is 5.06. The number of phenols is 1. The Morgan fingerprint density at radius 3 is 1.96 bits per heavy atom. The lowest BCUT2D eigenvalue weighted by Gasteiger charge is -2.27. The van der Waals surface area contributed by atoms with Crippen LogP contribution < -0.4 is 4.74 Å². The highest BCUT2D eigenvalue weighted by atomic mass is 16.5. The molecule has 2 rings (SSSR count). The fraction of sp³-hybridized carbons (Fsp3) is 0.700. The van der Waals surface area contributed by atoms with Crippen molar-refractivity contribution >= 4 is 0 Å². The van der Waals surface area contributed by atoms with Gasteiger partial charge in [-0.05, 0) is 31.6 Å². The summed E-state index contributed by atoms with van der Waals surface area (Å²) >= 11 is 0. The Balaban J connectivity index is 2.24. The van der Waals surface area contributed by atoms with Gasteiger partial charge >= 0.3 is 0 Å². The maximum atomic E-state index is 10.9. The van der Waals surface area contributed by atoms with Crippen molar-refractivity contribution in [3.05, 3.63) is 23.3 Å². The predicted octanol–water partition coefficient (Wildman–Crippen LogP) is 2.38. The van der Waals surface area contributed by atoms with Gasteiger partial charge in [-0.3, -0.25) is 4.90 Å². The second-order valence-electron chi connectivity index (χ2n) is 8.32. The highest BCUT2D eigenvalue weighted by molar-refractivity contribution is 5.49. The van der Waals surface area contributed by atoms with E-state index in [-0.39, 0.29) is 5.41 Å². The first-order valence-corrected chi connectivity index (χ1v) is 9.20. The molecule has 142 valence electrons. The molecule has 5 nitrogen and oxygen atoms in total. The molecule has 0 bridgehead atoms. The van der Waals surface area contributed by atoms with E-state index < -0.39 is 0 Å². The number of methoxy groups -OCH3 is 1. The highest BCUT2D eigenvalue weighted by Crippen LogP contribution is 2.37. The summed E-state index contributed by atoms with van der Waals surface area (Å²) in [5.74, 6) is 1.23. The van der Waals surface area contributed by atoms with E-state index in [0.29, 0.717) is 5.75 Å². The second-order valence-corrected chi connectivity index (χ2v) is 8.32. The molecule has 5 heteroatoms. The zero-order valence-corrected chi connectivity index (χ0v) is 16.8. The zero-order chi connectivity index (χ0) is 18.6. The number of rotatable bonds is 3. The van der Waals surface area contributed by atoms with Gasteiger partial charge in [0.25, 0.3) is 0 Å². The van der Waals surface area contributed by atoms with E-state index in [2.05, 4.69) is 49.6 Å². The van der Waals surface area contributed by atoms with Crippen LogP contribution in [0.15, 0.2) is 12.1 Å². The van der Waals surface area contributed by atoms with Crippen molar-refractivity contribution in [1.29, 1.82) is 0 Å². The van der Waals surface area contributed by atoms with Crippen LogP contribution in [0.5, 0.6) is 11.5 Å². The number of nitrogens with zero attached hydrogens (tertiary/aromatic N) is 3. The largest absolute Gasteiger partial charge is 0.507 e. The molecule has 1 aromatic carbocycles. The molecule has 1 fully saturated rings. The van der Waals surface area contributed by atoms with Crippen LogP contribution >= 0.6 is 0 Å². The van der Waals surface area contributed by atoms with Crippen molar-refractivity contribution in [2.24, 2.45) is 0 Å². The normalized spacial score (nSPS) is 19.3. The Bertz CT molecular complexity index is 555. The third kappa shape index (κ3) is 5.59. The molecule has 1 aliphatic rings. The Kier molecular flexibility index (Phi) is 6.72. The maximum absolute atomic E-state index is 10.9. The van der Waals surface area contributed by atoms with Gasteiger partial charge in [0.2, 0.25) is 0 Å². The minimum absolute atomic E-state index is 0.123. The highest BCUT2D eigenvalue weighted by Gasteiger charge is 2.23. The third-order valence-corrected chi connectivity index (χ3v) is 5.06. The number of likely N-dealkylation sites (N-methyl/N-ethyl adjacent to an activating group) is 2. The number of hydrogen-bond acceptors (Lipinski definition) is 5. The van der Waals surface area contributed by atoms with Gasteiger partial charge in [0.15, 0.2) is 0 Å². The van der Waals surface area contributed by atoms with Crippen LogP contribution in [0.2, 0.25) is 0 Å². The molecule has 0 aliphatic carbocycles. The summed E-state index contributed by atoms with van der Waals surface area (Å²) in [5, 5.41) is 10.9. The average molecular weight is 350 g/mol. The molecule has 0 unspecified atom stereocenters. The van der Waals surface area contributed by atoms with Crippen LogP contribution in [-0.4, -0.2) is 80.3 Å². The topological polar surface area (TPSA) is 39.2 Å². The van der Waals surface area contributed by atoms with E-state index in [1.54, 1.807) is 7.11 Å². The van der Waals surface area contributed by atoms with Crippen LogP contribution in [0.1, 0.15) is 31.9 Å². The van der Waals surface area contributed by atoms with Gasteiger partial charge < -0.3 is 19.6 Å². The number of phenolic OH excluding ortho intramolecular Hbond substituents is 1. The van der Waals surface area contributed by atoms with E-state index in [9.17, 15) is 5.11 Å². The Labute approximate surface area is 153 Å². The number of benzene rings is 1. The first kappa shape index (κ1) is 20.0. The number of aromatic hydroxyl groups is 1. The smallest absolute Gasteiger partial charge is 0.124 e. The molecule has 0 atom stereocenters. The first-order chi connectivity index (χ1) is 11.7. The number of ether oxygens (including phenoxy) is 1. The van der Waals surface area contributed by atoms with E-state index >= 15 is 0 Å². The summed E-state index contributed by atoms with van der Waals surface area (Å²) in [4.78, 5) is 7.18. The summed E-state index contributed by atoms with van der Waals surface area (Å²) in [7, 11) is 6.04. The first-order valence-electron chi connectivity index (χ1n) is 9.20. The molecule has 25 heavy (non-hydrogen) atoms. The minimum Gasteiger partial charge on any atom is -0.507 e. The van der Waals surface area contributed by atoms with Crippen molar-refractivity contribution in [2.45, 2.75) is 32.7 Å². The molecule has 0 saturated carbocycles. The average Bonchev–Trinajstić information content (AvgIpc) is 2.62. The van der Waals surface area contributed by atoms with Gasteiger partial charge in [0.1, 0.15) is 11.5 Å². The maximum Gasteiger partial charge on any atom is 0.124 e. The fourth-order valence-electron chi connectivity index (χ4n) is 3.18. The summed E-state index contributed by atoms with van der Waals surface area (Å²) < 4.78 is 5.49. The summed E-state index contributed by atoms with van der Waals surface area (Å²) in [6, 6.07) is 3.93. The van der Waals surface area contributed by atoms with Crippen molar-refractivity contribution in [1.82, 2.24) is 14.7 Å². The molecular formula is C20H35N3O2. The summed E-state index contributed by atoms with van der Waals surface area (Å²) in [6.07, 6.45) is 0. The molecule has 1 N–H and O–H groups in total. The lowest BCUT2D eigenvalue weighted by atomic mass is 9.85. The monoisotopic (exact) mass is 349 g/mol. The molecule has 1 saturated heterocycles. The van der Waals surface area contributed by atoms with Gasteiger partial charge in [-0.2, -0.15) is 0 Å². The SMILES string of the molecule is COc1cc(CN2CCN(C)CCN(C)CC2)c(O)c(C(C)(C)C)c1. The Morgan fingerprint density at radius 1 is 0.960 bits per heavy atom. The minimum atomic E-state index is -0.123. The van der Waals surface area contributed by atoms with Crippen molar-refractivity contribution in [2.75, 3.05) is 60.5 Å². The van der Waals surface area contributed by atoms with E-state index in [0.717, 1.165) is 62.7 Å². The van der Waals surface area contributed by atoms with Gasteiger partial charge in [0, 0.05) is 56.9 Å². The molecule has 1 heterocycles. The van der Waals surface area contributed by atoms with Gasteiger partial charge in [-0.25, -0.2) is 0 Å². The van der Waals surface area contributed by atoms with Gasteiger partial charge in [0.05, 0.1) is 7.11 Å². The van der Waals surface area contributed by atoms with Crippen molar-refractivity contribution < 1.29 is 9.84 Å². The second kappa shape index (κ2) is 8.39. The van der Waals surface area contributed by atoms with Gasteiger partial charge in [-0.1, -0.05) is 20.8 Å². The molecule has 1 aliphatic heterocycles. The van der Waals surface area contributed by atoms with Crippen molar-refractivity contribution in [3.8, 4) is 11.5 Å². The van der Waals surface area contributed by atoms with Crippen LogP contribution in [0.3, 0.4) is 0 Å². The lowest BCUT2D eigenvalue weighted by Crippen LogP contribution is -2.34. The Hall–Kier alpha value is -1.30. The van der Waals surface area contributed by atoms with E-state index in [1.165, 1.54) is 0 Å². The quantitative estimate of drug-likeness (QED) is 0.907. The lowest BCUT2D eigenvalue weighted by molar-refractivity contribution is 0.225. The molecule has 0 amide bonds. The molecule has 1 aromatic rings. The molecular weight excluding hydrogens is 314 g/mol. The molecule has 0 spiro atoms. The predicted molar refractivity (Wildman–Crippen MR) is 104 cm³/mol. The van der Waals surface area contributed by atoms with Crippen LogP contribution in [0, 0.1) is 0 Å². The zero-order valence-electron chi connectivity index (χ0n) is 16.8. The standard InChI is InChI=1S/C20H35N3O2/c1-20(2,3)18-14-17(25-6)13-16(19(18)24)15-23-11-9-21(4)7-8-22(5)10-12-23/h13-14,24H,7-12,15H2,1-6H3. The fourth-order valence-corrected chi connectivity index (χ4v) is 3.18. The summed E-state index contributed by atoms with van der Waals surface area (Å²) in [5.41, 5.74) is 1.77. The van der Waals surface area contributed by atoms with E-state index in [4.69, 9.17) is 4.74 Å². The van der Waals surface area contributed by atoms with Crippen LogP contribution in [0.25, 0.3) is 0 Å². The molecule has 0 radical (unpaired) electrons. The van der Waals surface area contributed by atoms with E-state index in [1.807, 2.05) is 12.1 Å². The van der Waals surface area contributed by atoms with Crippen LogP contribution in [-0.2, 0) is 12.0 Å². The Morgan fingerprint density at radius 2 is 1.48 bits per heavy atom. The van der Waals surface area contributed by atoms with Crippen LogP contribution in [0.4, 0.5) is 0 Å². The number of hydrogen-bond donors (Lipinski definition) is 1. The van der Waals surface area contributed by atoms with Gasteiger partial charge in [-0.15, -0.1) is 0 Å². The van der Waals surface area contributed by atoms with Crippen molar-refractivity contribution in [3.63, 3.8) is 0 Å². The molecule has 0 aromatic heterocycles. The summed E-state index contributed by atoms with van der Waals surface area (Å²) in [6.45, 7) is 13.4.